The second-order valence-corrected chi connectivity index (χ2v) is 4.22. The lowest BCUT2D eigenvalue weighted by atomic mass is 10.1. The van der Waals surface area contributed by atoms with Crippen LogP contribution in [0.5, 0.6) is 0 Å². The van der Waals surface area contributed by atoms with Gasteiger partial charge in [0.05, 0.1) is 0 Å². The van der Waals surface area contributed by atoms with E-state index in [0.717, 1.165) is 0 Å². The fourth-order valence-corrected chi connectivity index (χ4v) is 1.86. The first-order valence-corrected chi connectivity index (χ1v) is 5.47. The molecule has 1 aliphatic rings. The number of amides is 1. The largest absolute Gasteiger partial charge is 0.389 e. The van der Waals surface area contributed by atoms with Crippen LogP contribution in [0.25, 0.3) is 0 Å². The maximum Gasteiger partial charge on any atom is 0.389 e. The van der Waals surface area contributed by atoms with Crippen molar-refractivity contribution in [1.29, 1.82) is 0 Å². The summed E-state index contributed by atoms with van der Waals surface area (Å²) >= 11 is 0. The van der Waals surface area contributed by atoms with Gasteiger partial charge >= 0.3 is 6.18 Å². The van der Waals surface area contributed by atoms with Crippen molar-refractivity contribution in [2.75, 3.05) is 19.6 Å². The number of hydrogen-bond donors (Lipinski definition) is 1. The molecule has 0 aliphatic carbocycles. The zero-order valence-corrected chi connectivity index (χ0v) is 9.09. The summed E-state index contributed by atoms with van der Waals surface area (Å²) < 4.78 is 35.6. The number of nitrogens with two attached hydrogens (primary N) is 1. The fraction of sp³-hybridized carbons (Fsp3) is 0.900. The highest BCUT2D eigenvalue weighted by atomic mass is 19.4. The van der Waals surface area contributed by atoms with Gasteiger partial charge in [-0.2, -0.15) is 13.2 Å². The van der Waals surface area contributed by atoms with Gasteiger partial charge in [0.25, 0.3) is 0 Å². The number of rotatable bonds is 5. The van der Waals surface area contributed by atoms with E-state index in [1.54, 1.807) is 4.90 Å². The number of unbranched alkanes of at least 4 members (excludes halogenated alkanes) is 1. The highest BCUT2D eigenvalue weighted by Crippen LogP contribution is 2.23. The minimum absolute atomic E-state index is 0.0162. The van der Waals surface area contributed by atoms with Gasteiger partial charge in [-0.1, -0.05) is 0 Å². The molecule has 0 radical (unpaired) electrons. The number of likely N-dealkylation sites (tertiary alicyclic amines) is 1. The number of alkyl halides is 3. The number of hydrogen-bond acceptors (Lipinski definition) is 2. The van der Waals surface area contributed by atoms with E-state index in [9.17, 15) is 18.0 Å². The molecule has 1 heterocycles. The zero-order valence-electron chi connectivity index (χ0n) is 9.09. The molecule has 1 saturated heterocycles. The summed E-state index contributed by atoms with van der Waals surface area (Å²) in [7, 11) is 0. The van der Waals surface area contributed by atoms with Gasteiger partial charge in [0.2, 0.25) is 5.91 Å². The Labute approximate surface area is 92.8 Å². The van der Waals surface area contributed by atoms with Gasteiger partial charge in [-0.15, -0.1) is 0 Å². The molecule has 1 aliphatic heterocycles. The maximum absolute atomic E-state index is 11.9. The Morgan fingerprint density at radius 3 is 2.56 bits per heavy atom. The summed E-state index contributed by atoms with van der Waals surface area (Å²) in [4.78, 5) is 13.0. The van der Waals surface area contributed by atoms with Crippen molar-refractivity contribution in [2.24, 2.45) is 11.7 Å². The summed E-state index contributed by atoms with van der Waals surface area (Å²) in [6, 6.07) is 0. The Balaban J connectivity index is 2.16. The van der Waals surface area contributed by atoms with Crippen molar-refractivity contribution in [3.05, 3.63) is 0 Å². The van der Waals surface area contributed by atoms with Gasteiger partial charge in [0.1, 0.15) is 0 Å². The summed E-state index contributed by atoms with van der Waals surface area (Å²) in [6.07, 6.45) is -3.93. The Bertz CT molecular complexity index is 243. The third-order valence-corrected chi connectivity index (χ3v) is 2.77. The van der Waals surface area contributed by atoms with Crippen LogP contribution in [0.3, 0.4) is 0 Å². The molecular weight excluding hydrogens is 221 g/mol. The first-order valence-electron chi connectivity index (χ1n) is 5.47. The second kappa shape index (κ2) is 5.52. The van der Waals surface area contributed by atoms with Gasteiger partial charge in [0.15, 0.2) is 0 Å². The fourth-order valence-electron chi connectivity index (χ4n) is 1.86. The Morgan fingerprint density at radius 1 is 1.38 bits per heavy atom. The number of carbonyl (C=O) groups excluding carboxylic acids is 1. The average molecular weight is 238 g/mol. The van der Waals surface area contributed by atoms with Crippen LogP contribution >= 0.6 is 0 Å². The molecular formula is C10H17F3N2O. The van der Waals surface area contributed by atoms with Crippen LogP contribution < -0.4 is 5.73 Å². The van der Waals surface area contributed by atoms with E-state index in [4.69, 9.17) is 5.73 Å². The standard InChI is InChI=1S/C10H17F3N2O/c11-10(12,13)3-1-2-4-15-7-8(6-14)5-9(15)16/h8H,1-7,14H2. The lowest BCUT2D eigenvalue weighted by molar-refractivity contribution is -0.136. The number of halogens is 3. The highest BCUT2D eigenvalue weighted by Gasteiger charge is 2.29. The highest BCUT2D eigenvalue weighted by molar-refractivity contribution is 5.78. The monoisotopic (exact) mass is 238 g/mol. The van der Waals surface area contributed by atoms with E-state index in [1.165, 1.54) is 0 Å². The normalized spacial score (nSPS) is 21.9. The molecule has 0 aromatic carbocycles. The molecule has 1 amide bonds. The van der Waals surface area contributed by atoms with E-state index < -0.39 is 12.6 Å². The van der Waals surface area contributed by atoms with Gasteiger partial charge in [-0.3, -0.25) is 4.79 Å². The van der Waals surface area contributed by atoms with Crippen molar-refractivity contribution in [3.8, 4) is 0 Å². The molecule has 0 aromatic rings. The minimum Gasteiger partial charge on any atom is -0.342 e. The van der Waals surface area contributed by atoms with Gasteiger partial charge in [-0.25, -0.2) is 0 Å². The summed E-state index contributed by atoms with van der Waals surface area (Å²) in [5, 5.41) is 0. The molecule has 16 heavy (non-hydrogen) atoms. The first kappa shape index (κ1) is 13.3. The van der Waals surface area contributed by atoms with Crippen molar-refractivity contribution >= 4 is 5.91 Å². The number of nitrogens with zero attached hydrogens (tertiary/aromatic N) is 1. The van der Waals surface area contributed by atoms with Crippen LogP contribution in [0.4, 0.5) is 13.2 Å². The minimum atomic E-state index is -4.09. The predicted molar refractivity (Wildman–Crippen MR) is 53.6 cm³/mol. The Hall–Kier alpha value is -0.780. The summed E-state index contributed by atoms with van der Waals surface area (Å²) in [5.41, 5.74) is 5.44. The molecule has 0 spiro atoms. The van der Waals surface area contributed by atoms with E-state index in [2.05, 4.69) is 0 Å². The van der Waals surface area contributed by atoms with E-state index in [-0.39, 0.29) is 18.2 Å². The zero-order chi connectivity index (χ0) is 12.2. The molecule has 2 N–H and O–H groups in total. The molecule has 0 bridgehead atoms. The van der Waals surface area contributed by atoms with E-state index in [0.29, 0.717) is 32.5 Å². The second-order valence-electron chi connectivity index (χ2n) is 4.22. The van der Waals surface area contributed by atoms with Crippen LogP contribution in [-0.2, 0) is 4.79 Å². The molecule has 94 valence electrons. The first-order chi connectivity index (χ1) is 7.42. The van der Waals surface area contributed by atoms with Crippen LogP contribution in [0.1, 0.15) is 25.7 Å². The molecule has 6 heteroatoms. The Morgan fingerprint density at radius 2 is 2.06 bits per heavy atom. The predicted octanol–water partition coefficient (Wildman–Crippen LogP) is 1.53. The van der Waals surface area contributed by atoms with Crippen molar-refractivity contribution in [2.45, 2.75) is 31.9 Å². The topological polar surface area (TPSA) is 46.3 Å². The molecule has 1 unspecified atom stereocenters. The van der Waals surface area contributed by atoms with Crippen LogP contribution in [0.2, 0.25) is 0 Å². The molecule has 0 aromatic heterocycles. The Kier molecular flexibility index (Phi) is 4.58. The van der Waals surface area contributed by atoms with Gasteiger partial charge in [0, 0.05) is 25.9 Å². The van der Waals surface area contributed by atoms with Crippen LogP contribution in [0, 0.1) is 5.92 Å². The maximum atomic E-state index is 11.9. The third kappa shape index (κ3) is 4.38. The number of carbonyl (C=O) groups is 1. The lowest BCUT2D eigenvalue weighted by Gasteiger charge is -2.16. The average Bonchev–Trinajstić information content (AvgIpc) is 2.53. The molecule has 1 fully saturated rings. The summed E-state index contributed by atoms with van der Waals surface area (Å²) in [6.45, 7) is 1.48. The smallest absolute Gasteiger partial charge is 0.342 e. The van der Waals surface area contributed by atoms with E-state index >= 15 is 0 Å². The molecule has 1 rings (SSSR count). The van der Waals surface area contributed by atoms with Crippen LogP contribution in [0.15, 0.2) is 0 Å². The van der Waals surface area contributed by atoms with Crippen molar-refractivity contribution in [1.82, 2.24) is 4.90 Å². The van der Waals surface area contributed by atoms with Crippen molar-refractivity contribution in [3.63, 3.8) is 0 Å². The summed E-state index contributed by atoms with van der Waals surface area (Å²) in [5.74, 6) is 0.192. The van der Waals surface area contributed by atoms with Gasteiger partial charge in [-0.05, 0) is 25.3 Å². The SMILES string of the molecule is NCC1CC(=O)N(CCCCC(F)(F)F)C1. The third-order valence-electron chi connectivity index (χ3n) is 2.77. The van der Waals surface area contributed by atoms with Gasteiger partial charge < -0.3 is 10.6 Å². The quantitative estimate of drug-likeness (QED) is 0.738. The molecule has 1 atom stereocenters. The lowest BCUT2D eigenvalue weighted by Crippen LogP contribution is -2.27. The van der Waals surface area contributed by atoms with E-state index in [1.807, 2.05) is 0 Å². The molecule has 0 saturated carbocycles. The molecule has 3 nitrogen and oxygen atoms in total. The van der Waals surface area contributed by atoms with Crippen molar-refractivity contribution < 1.29 is 18.0 Å². The van der Waals surface area contributed by atoms with Crippen LogP contribution in [-0.4, -0.2) is 36.6 Å².